The van der Waals surface area contributed by atoms with E-state index in [4.69, 9.17) is 5.26 Å². The number of hydrogen-bond acceptors (Lipinski definition) is 3. The highest BCUT2D eigenvalue weighted by Gasteiger charge is 2.29. The van der Waals surface area contributed by atoms with Gasteiger partial charge in [-0.05, 0) is 30.7 Å². The SMILES string of the molecule is CC1CCC(NCc2cccnc2C#N)C1C. The molecule has 90 valence electrons. The highest BCUT2D eigenvalue weighted by molar-refractivity contribution is 5.30. The van der Waals surface area contributed by atoms with Crippen LogP contribution in [0.1, 0.15) is 37.9 Å². The summed E-state index contributed by atoms with van der Waals surface area (Å²) >= 11 is 0. The van der Waals surface area contributed by atoms with Gasteiger partial charge in [-0.2, -0.15) is 5.26 Å². The molecule has 1 aromatic heterocycles. The number of pyridine rings is 1. The second kappa shape index (κ2) is 5.29. The number of hydrogen-bond donors (Lipinski definition) is 1. The van der Waals surface area contributed by atoms with Crippen LogP contribution < -0.4 is 5.32 Å². The molecule has 17 heavy (non-hydrogen) atoms. The van der Waals surface area contributed by atoms with Crippen LogP contribution in [0.15, 0.2) is 18.3 Å². The van der Waals surface area contributed by atoms with Gasteiger partial charge in [-0.3, -0.25) is 0 Å². The number of nitrogens with zero attached hydrogens (tertiary/aromatic N) is 2. The number of nitriles is 1. The largest absolute Gasteiger partial charge is 0.310 e. The highest BCUT2D eigenvalue weighted by Crippen LogP contribution is 2.31. The van der Waals surface area contributed by atoms with Crippen molar-refractivity contribution in [3.8, 4) is 6.07 Å². The van der Waals surface area contributed by atoms with Crippen LogP contribution in [-0.2, 0) is 6.54 Å². The number of aromatic nitrogens is 1. The van der Waals surface area contributed by atoms with E-state index in [0.29, 0.717) is 11.7 Å². The fourth-order valence-corrected chi connectivity index (χ4v) is 2.58. The minimum atomic E-state index is 0.540. The van der Waals surface area contributed by atoms with Gasteiger partial charge in [0.15, 0.2) is 0 Å². The molecule has 0 saturated heterocycles. The third kappa shape index (κ3) is 2.65. The lowest BCUT2D eigenvalue weighted by Gasteiger charge is -2.19. The zero-order valence-corrected chi connectivity index (χ0v) is 10.5. The first-order valence-corrected chi connectivity index (χ1v) is 6.29. The van der Waals surface area contributed by atoms with E-state index in [-0.39, 0.29) is 0 Å². The van der Waals surface area contributed by atoms with E-state index in [1.54, 1.807) is 6.20 Å². The van der Waals surface area contributed by atoms with E-state index >= 15 is 0 Å². The fraction of sp³-hybridized carbons (Fsp3) is 0.571. The molecule has 0 aromatic carbocycles. The molecule has 3 atom stereocenters. The summed E-state index contributed by atoms with van der Waals surface area (Å²) in [5.74, 6) is 1.52. The van der Waals surface area contributed by atoms with Crippen molar-refractivity contribution >= 4 is 0 Å². The third-order valence-corrected chi connectivity index (χ3v) is 4.02. The summed E-state index contributed by atoms with van der Waals surface area (Å²) in [6.07, 6.45) is 4.21. The first kappa shape index (κ1) is 12.1. The van der Waals surface area contributed by atoms with Gasteiger partial charge in [-0.15, -0.1) is 0 Å². The minimum Gasteiger partial charge on any atom is -0.310 e. The molecule has 0 amide bonds. The standard InChI is InChI=1S/C14H19N3/c1-10-5-6-13(11(10)2)17-9-12-4-3-7-16-14(12)8-15/h3-4,7,10-11,13,17H,5-6,9H2,1-2H3. The maximum Gasteiger partial charge on any atom is 0.144 e. The molecule has 1 saturated carbocycles. The van der Waals surface area contributed by atoms with Crippen LogP contribution in [-0.4, -0.2) is 11.0 Å². The molecule has 0 radical (unpaired) electrons. The molecule has 3 nitrogen and oxygen atoms in total. The van der Waals surface area contributed by atoms with E-state index < -0.39 is 0 Å². The van der Waals surface area contributed by atoms with Gasteiger partial charge in [0, 0.05) is 24.3 Å². The fourth-order valence-electron chi connectivity index (χ4n) is 2.58. The molecular weight excluding hydrogens is 210 g/mol. The Balaban J connectivity index is 1.97. The van der Waals surface area contributed by atoms with Gasteiger partial charge in [0.2, 0.25) is 0 Å². The Bertz CT molecular complexity index is 422. The normalized spacial score (nSPS) is 27.9. The van der Waals surface area contributed by atoms with Crippen molar-refractivity contribution in [1.82, 2.24) is 10.3 Å². The van der Waals surface area contributed by atoms with Gasteiger partial charge in [0.05, 0.1) is 0 Å². The van der Waals surface area contributed by atoms with Crippen molar-refractivity contribution in [2.75, 3.05) is 0 Å². The zero-order chi connectivity index (χ0) is 12.3. The molecule has 1 N–H and O–H groups in total. The summed E-state index contributed by atoms with van der Waals surface area (Å²) in [5, 5.41) is 12.5. The first-order valence-electron chi connectivity index (χ1n) is 6.29. The van der Waals surface area contributed by atoms with E-state index in [0.717, 1.165) is 23.9 Å². The summed E-state index contributed by atoms with van der Waals surface area (Å²) in [6.45, 7) is 5.37. The predicted molar refractivity (Wildman–Crippen MR) is 67.1 cm³/mol. The predicted octanol–water partition coefficient (Wildman–Crippen LogP) is 2.48. The van der Waals surface area contributed by atoms with Crippen LogP contribution in [0.4, 0.5) is 0 Å². The van der Waals surface area contributed by atoms with Gasteiger partial charge >= 0.3 is 0 Å². The van der Waals surface area contributed by atoms with E-state index in [1.165, 1.54) is 12.8 Å². The number of nitrogens with one attached hydrogen (secondary N) is 1. The Morgan fingerprint density at radius 1 is 1.47 bits per heavy atom. The van der Waals surface area contributed by atoms with Crippen molar-refractivity contribution < 1.29 is 0 Å². The van der Waals surface area contributed by atoms with Crippen molar-refractivity contribution in [1.29, 1.82) is 5.26 Å². The van der Waals surface area contributed by atoms with Crippen molar-refractivity contribution in [3.05, 3.63) is 29.6 Å². The van der Waals surface area contributed by atoms with E-state index in [2.05, 4.69) is 30.2 Å². The quantitative estimate of drug-likeness (QED) is 0.866. The second-order valence-corrected chi connectivity index (χ2v) is 5.02. The molecule has 0 bridgehead atoms. The van der Waals surface area contributed by atoms with Crippen LogP contribution in [0, 0.1) is 23.2 Å². The maximum atomic E-state index is 8.96. The summed E-state index contributed by atoms with van der Waals surface area (Å²) in [6, 6.07) is 6.58. The van der Waals surface area contributed by atoms with Crippen molar-refractivity contribution in [3.63, 3.8) is 0 Å². The maximum absolute atomic E-state index is 8.96. The Morgan fingerprint density at radius 3 is 2.94 bits per heavy atom. The van der Waals surface area contributed by atoms with Gasteiger partial charge in [0.25, 0.3) is 0 Å². The van der Waals surface area contributed by atoms with Gasteiger partial charge in [0.1, 0.15) is 11.8 Å². The lowest BCUT2D eigenvalue weighted by atomic mass is 9.97. The minimum absolute atomic E-state index is 0.540. The first-order chi connectivity index (χ1) is 8.22. The summed E-state index contributed by atoms with van der Waals surface area (Å²) in [7, 11) is 0. The molecule has 0 spiro atoms. The molecule has 1 heterocycles. The highest BCUT2D eigenvalue weighted by atomic mass is 14.9. The smallest absolute Gasteiger partial charge is 0.144 e. The summed E-state index contributed by atoms with van der Waals surface area (Å²) in [5.41, 5.74) is 1.54. The van der Waals surface area contributed by atoms with Crippen LogP contribution in [0.5, 0.6) is 0 Å². The third-order valence-electron chi connectivity index (χ3n) is 4.02. The van der Waals surface area contributed by atoms with Crippen LogP contribution in [0.25, 0.3) is 0 Å². The molecule has 1 fully saturated rings. The van der Waals surface area contributed by atoms with E-state index in [1.807, 2.05) is 12.1 Å². The molecule has 3 heteroatoms. The molecule has 1 aliphatic carbocycles. The molecule has 2 rings (SSSR count). The lowest BCUT2D eigenvalue weighted by molar-refractivity contribution is 0.369. The van der Waals surface area contributed by atoms with Crippen molar-refractivity contribution in [2.45, 2.75) is 39.3 Å². The lowest BCUT2D eigenvalue weighted by Crippen LogP contribution is -2.32. The summed E-state index contributed by atoms with van der Waals surface area (Å²) in [4.78, 5) is 4.08. The van der Waals surface area contributed by atoms with Crippen LogP contribution >= 0.6 is 0 Å². The molecular formula is C14H19N3. The van der Waals surface area contributed by atoms with Crippen molar-refractivity contribution in [2.24, 2.45) is 11.8 Å². The zero-order valence-electron chi connectivity index (χ0n) is 10.5. The van der Waals surface area contributed by atoms with Gasteiger partial charge in [-0.1, -0.05) is 19.9 Å². The average Bonchev–Trinajstić information content (AvgIpc) is 2.68. The molecule has 1 aromatic rings. The Hall–Kier alpha value is -1.40. The molecule has 1 aliphatic rings. The van der Waals surface area contributed by atoms with Gasteiger partial charge in [-0.25, -0.2) is 4.98 Å². The summed E-state index contributed by atoms with van der Waals surface area (Å²) < 4.78 is 0. The van der Waals surface area contributed by atoms with Crippen LogP contribution in [0.3, 0.4) is 0 Å². The average molecular weight is 229 g/mol. The molecule has 3 unspecified atom stereocenters. The van der Waals surface area contributed by atoms with Crippen LogP contribution in [0.2, 0.25) is 0 Å². The Morgan fingerprint density at radius 2 is 2.29 bits per heavy atom. The Kier molecular flexibility index (Phi) is 3.75. The topological polar surface area (TPSA) is 48.7 Å². The van der Waals surface area contributed by atoms with E-state index in [9.17, 15) is 0 Å². The molecule has 0 aliphatic heterocycles. The van der Waals surface area contributed by atoms with Gasteiger partial charge < -0.3 is 5.32 Å². The Labute approximate surface area is 103 Å². The monoisotopic (exact) mass is 229 g/mol. The number of rotatable bonds is 3. The second-order valence-electron chi connectivity index (χ2n) is 5.02.